The van der Waals surface area contributed by atoms with Crippen LogP contribution in [0.5, 0.6) is 0 Å². The number of halogens is 7. The van der Waals surface area contributed by atoms with E-state index in [1.165, 1.54) is 23.7 Å². The Balaban J connectivity index is 1.70. The maximum absolute atomic E-state index is 14.5. The zero-order valence-corrected chi connectivity index (χ0v) is 21.5. The van der Waals surface area contributed by atoms with Crippen LogP contribution in [0.15, 0.2) is 24.3 Å². The van der Waals surface area contributed by atoms with Gasteiger partial charge in [-0.3, -0.25) is 0 Å². The maximum Gasteiger partial charge on any atom is 0.402 e. The van der Waals surface area contributed by atoms with Gasteiger partial charge in [-0.2, -0.15) is 18.3 Å². The molecule has 0 fully saturated rings. The largest absolute Gasteiger partial charge is 0.402 e. The van der Waals surface area contributed by atoms with Crippen molar-refractivity contribution in [2.75, 3.05) is 12.4 Å². The third-order valence-corrected chi connectivity index (χ3v) is 7.20. The minimum Gasteiger partial charge on any atom is -0.360 e. The average molecular weight is 634 g/mol. The Morgan fingerprint density at radius 3 is 2.54 bits per heavy atom. The fraction of sp³-hybridized carbons (Fsp3) is 0.304. The van der Waals surface area contributed by atoms with E-state index in [-0.39, 0.29) is 55.4 Å². The Kier molecular flexibility index (Phi) is 6.09. The third-order valence-electron chi connectivity index (χ3n) is 6.42. The second-order valence-corrected chi connectivity index (χ2v) is 9.69. The number of ether oxygens (including phenoxy) is 1. The first-order chi connectivity index (χ1) is 17.4. The molecule has 1 aliphatic heterocycles. The first kappa shape index (κ1) is 25.6. The number of aromatic nitrogens is 5. The summed E-state index contributed by atoms with van der Waals surface area (Å²) in [5, 5.41) is 7.18. The molecule has 0 spiro atoms. The molecule has 0 saturated heterocycles. The minimum absolute atomic E-state index is 0.00954. The van der Waals surface area contributed by atoms with Gasteiger partial charge in [0, 0.05) is 18.2 Å². The van der Waals surface area contributed by atoms with Crippen molar-refractivity contribution in [3.8, 4) is 11.5 Å². The summed E-state index contributed by atoms with van der Waals surface area (Å²) in [4.78, 5) is 12.8. The lowest BCUT2D eigenvalue weighted by Crippen LogP contribution is -2.49. The molecule has 1 aliphatic rings. The van der Waals surface area contributed by atoms with Gasteiger partial charge in [0.2, 0.25) is 0 Å². The number of alkyl halides is 3. The number of fused-ring (bicyclic) bond motifs is 2. The van der Waals surface area contributed by atoms with E-state index in [9.17, 15) is 26.3 Å². The Hall–Kier alpha value is -3.01. The van der Waals surface area contributed by atoms with E-state index in [2.05, 4.69) is 25.4 Å². The summed E-state index contributed by atoms with van der Waals surface area (Å²) in [5.74, 6) is -3.00. The monoisotopic (exact) mass is 634 g/mol. The van der Waals surface area contributed by atoms with Crippen LogP contribution >= 0.6 is 22.6 Å². The molecule has 14 heteroatoms. The zero-order valence-electron chi connectivity index (χ0n) is 19.4. The summed E-state index contributed by atoms with van der Waals surface area (Å²) >= 11 is 1.68. The van der Waals surface area contributed by atoms with E-state index in [0.717, 1.165) is 26.2 Å². The van der Waals surface area contributed by atoms with Gasteiger partial charge in [0.1, 0.15) is 32.7 Å². The number of anilines is 1. The number of benzene rings is 1. The first-order valence-corrected chi connectivity index (χ1v) is 11.9. The SMILES string of the molecule is COC1Nc2nc(-c3nn(Cc4cccc(F)c4F)c4nc(C)c(F)cc34)nc(I)c2C1(C)C(F)(F)F. The van der Waals surface area contributed by atoms with Crippen LogP contribution in [-0.2, 0) is 16.7 Å². The standard InChI is InChI=1S/C23H17F6IN6O/c1-9-13(25)7-11-16(35-36(20(11)31-9)8-10-5-4-6-12(24)15(10)26)19-32-17(30)14-18(33-19)34-21(37-3)22(14,2)23(27,28)29/h4-7,21H,8H2,1-3H3,(H,32,33,34). The molecule has 1 N–H and O–H groups in total. The van der Waals surface area contributed by atoms with Crippen LogP contribution < -0.4 is 5.32 Å². The Morgan fingerprint density at radius 1 is 1.14 bits per heavy atom. The lowest BCUT2D eigenvalue weighted by atomic mass is 9.83. The molecule has 7 nitrogen and oxygen atoms in total. The smallest absolute Gasteiger partial charge is 0.360 e. The molecule has 5 rings (SSSR count). The van der Waals surface area contributed by atoms with Crippen molar-refractivity contribution in [1.82, 2.24) is 24.7 Å². The molecular weight excluding hydrogens is 617 g/mol. The van der Waals surface area contributed by atoms with Crippen molar-refractivity contribution >= 4 is 39.4 Å². The highest BCUT2D eigenvalue weighted by Gasteiger charge is 2.63. The van der Waals surface area contributed by atoms with Gasteiger partial charge >= 0.3 is 6.18 Å². The predicted octanol–water partition coefficient (Wildman–Crippen LogP) is 5.48. The van der Waals surface area contributed by atoms with Crippen molar-refractivity contribution in [1.29, 1.82) is 0 Å². The van der Waals surface area contributed by atoms with Crippen LogP contribution in [0.3, 0.4) is 0 Å². The molecule has 37 heavy (non-hydrogen) atoms. The van der Waals surface area contributed by atoms with Crippen LogP contribution in [0.4, 0.5) is 32.2 Å². The topological polar surface area (TPSA) is 77.8 Å². The van der Waals surface area contributed by atoms with Crippen molar-refractivity contribution < 1.29 is 31.1 Å². The van der Waals surface area contributed by atoms with Gasteiger partial charge in [-0.05, 0) is 48.6 Å². The fourth-order valence-electron chi connectivity index (χ4n) is 4.36. The molecule has 3 aromatic heterocycles. The van der Waals surface area contributed by atoms with Crippen LogP contribution in [-0.4, -0.2) is 44.2 Å². The van der Waals surface area contributed by atoms with Crippen molar-refractivity contribution in [2.45, 2.75) is 38.2 Å². The maximum atomic E-state index is 14.5. The molecule has 1 aromatic carbocycles. The molecule has 0 bridgehead atoms. The highest BCUT2D eigenvalue weighted by molar-refractivity contribution is 14.1. The second kappa shape index (κ2) is 8.79. The van der Waals surface area contributed by atoms with Gasteiger partial charge in [0.15, 0.2) is 23.1 Å². The van der Waals surface area contributed by atoms with Crippen molar-refractivity contribution in [3.05, 3.63) is 62.2 Å². The summed E-state index contributed by atoms with van der Waals surface area (Å²) in [6, 6.07) is 4.81. The van der Waals surface area contributed by atoms with Crippen molar-refractivity contribution in [2.24, 2.45) is 0 Å². The van der Waals surface area contributed by atoms with E-state index in [1.807, 2.05) is 0 Å². The third kappa shape index (κ3) is 3.91. The summed E-state index contributed by atoms with van der Waals surface area (Å²) in [5.41, 5.74) is -2.48. The molecule has 0 aliphatic carbocycles. The quantitative estimate of drug-likeness (QED) is 0.182. The fourth-order valence-corrected chi connectivity index (χ4v) is 5.40. The summed E-state index contributed by atoms with van der Waals surface area (Å²) in [6.45, 7) is 2.16. The van der Waals surface area contributed by atoms with Gasteiger partial charge in [-0.1, -0.05) is 12.1 Å². The zero-order chi connectivity index (χ0) is 26.9. The van der Waals surface area contributed by atoms with Gasteiger partial charge < -0.3 is 10.1 Å². The van der Waals surface area contributed by atoms with E-state index in [0.29, 0.717) is 0 Å². The average Bonchev–Trinajstić information content (AvgIpc) is 3.32. The van der Waals surface area contributed by atoms with Gasteiger partial charge in [0.25, 0.3) is 0 Å². The summed E-state index contributed by atoms with van der Waals surface area (Å²) in [7, 11) is 1.15. The van der Waals surface area contributed by atoms with Gasteiger partial charge in [-0.25, -0.2) is 32.8 Å². The van der Waals surface area contributed by atoms with E-state index < -0.39 is 35.3 Å². The lowest BCUT2D eigenvalue weighted by Gasteiger charge is -2.32. The number of nitrogens with one attached hydrogen (secondary N) is 1. The van der Waals surface area contributed by atoms with E-state index in [1.54, 1.807) is 22.6 Å². The molecule has 0 amide bonds. The minimum atomic E-state index is -4.69. The van der Waals surface area contributed by atoms with Gasteiger partial charge in [0.05, 0.1) is 17.6 Å². The molecule has 4 aromatic rings. The summed E-state index contributed by atoms with van der Waals surface area (Å²) < 4.78 is 91.3. The van der Waals surface area contributed by atoms with Crippen LogP contribution in [0.1, 0.15) is 23.7 Å². The molecule has 0 radical (unpaired) electrons. The lowest BCUT2D eigenvalue weighted by molar-refractivity contribution is -0.209. The molecular formula is C23H17F6IN6O. The van der Waals surface area contributed by atoms with Gasteiger partial charge in [-0.15, -0.1) is 0 Å². The molecule has 2 atom stereocenters. The Bertz CT molecular complexity index is 1560. The predicted molar refractivity (Wildman–Crippen MR) is 129 cm³/mol. The number of methoxy groups -OCH3 is 1. The van der Waals surface area contributed by atoms with Crippen molar-refractivity contribution in [3.63, 3.8) is 0 Å². The Morgan fingerprint density at radius 2 is 1.86 bits per heavy atom. The van der Waals surface area contributed by atoms with E-state index in [4.69, 9.17) is 4.74 Å². The number of rotatable bonds is 4. The second-order valence-electron chi connectivity index (χ2n) is 8.67. The van der Waals surface area contributed by atoms with Crippen LogP contribution in [0.2, 0.25) is 0 Å². The molecule has 2 unspecified atom stereocenters. The van der Waals surface area contributed by atoms with E-state index >= 15 is 0 Å². The highest BCUT2D eigenvalue weighted by Crippen LogP contribution is 2.52. The normalized spacial score (nSPS) is 19.4. The number of hydrogen-bond acceptors (Lipinski definition) is 6. The molecule has 0 saturated carbocycles. The number of pyridine rings is 1. The van der Waals surface area contributed by atoms with Crippen LogP contribution in [0, 0.1) is 28.1 Å². The molecule has 194 valence electrons. The first-order valence-electron chi connectivity index (χ1n) is 10.8. The molecule has 4 heterocycles. The highest BCUT2D eigenvalue weighted by atomic mass is 127. The number of aryl methyl sites for hydroxylation is 1. The number of nitrogens with zero attached hydrogens (tertiary/aromatic N) is 5. The number of hydrogen-bond donors (Lipinski definition) is 1. The summed E-state index contributed by atoms with van der Waals surface area (Å²) in [6.07, 6.45) is -6.16. The van der Waals surface area contributed by atoms with Crippen LogP contribution in [0.25, 0.3) is 22.6 Å². The Labute approximate surface area is 219 Å².